The van der Waals surface area contributed by atoms with Gasteiger partial charge in [0.2, 0.25) is 0 Å². The van der Waals surface area contributed by atoms with Crippen LogP contribution < -0.4 is 21.3 Å². The van der Waals surface area contributed by atoms with E-state index in [0.29, 0.717) is 24.5 Å². The Balaban J connectivity index is 0.000000468. The first kappa shape index (κ1) is 27.7. The lowest BCUT2D eigenvalue weighted by Crippen LogP contribution is -2.26. The van der Waals surface area contributed by atoms with Crippen LogP contribution in [0.3, 0.4) is 0 Å². The van der Waals surface area contributed by atoms with Crippen molar-refractivity contribution in [3.8, 4) is 0 Å². The molecule has 0 radical (unpaired) electrons. The molecule has 1 fully saturated rings. The van der Waals surface area contributed by atoms with Crippen LogP contribution in [0.5, 0.6) is 0 Å². The number of hydrogen-bond acceptors (Lipinski definition) is 5. The molecule has 1 aromatic heterocycles. The van der Waals surface area contributed by atoms with E-state index in [1.807, 2.05) is 0 Å². The molecule has 9 nitrogen and oxygen atoms in total. The second-order valence-electron chi connectivity index (χ2n) is 7.88. The van der Waals surface area contributed by atoms with Crippen LogP contribution >= 0.6 is 11.6 Å². The number of carbonyl (C=O) groups is 3. The molecule has 0 spiro atoms. The van der Waals surface area contributed by atoms with Gasteiger partial charge >= 0.3 is 0 Å². The standard InChI is InChI=1S/C20H17ClFN5O3.C4H7F2N/c1-2-23-19(29)16-17(25-10-24-16)20(30)27-13-6-4-12(5-7-13)26-18(28)14-8-3-11(22)9-15(14)21;5-4(6)1-2-7-3-4/h3-10H,2H2,1H3,(H,23,29)(H,24,25)(H,26,28)(H,27,30);7H,1-3H2. The second kappa shape index (κ2) is 12.4. The molecule has 13 heteroatoms. The van der Waals surface area contributed by atoms with E-state index >= 15 is 0 Å². The number of nitrogens with one attached hydrogen (secondary N) is 5. The number of nitrogens with zero attached hydrogens (tertiary/aromatic N) is 1. The van der Waals surface area contributed by atoms with Crippen molar-refractivity contribution >= 4 is 40.7 Å². The molecular formula is C24H24ClF3N6O3. The first-order valence-electron chi connectivity index (χ1n) is 11.2. The van der Waals surface area contributed by atoms with Crippen LogP contribution in [0.15, 0.2) is 48.8 Å². The lowest BCUT2D eigenvalue weighted by Gasteiger charge is -2.09. The maximum atomic E-state index is 13.1. The lowest BCUT2D eigenvalue weighted by atomic mass is 10.2. The minimum atomic E-state index is -2.42. The fraction of sp³-hybridized carbons (Fsp3) is 0.250. The highest BCUT2D eigenvalue weighted by Gasteiger charge is 2.32. The number of H-pyrrole nitrogens is 1. The van der Waals surface area contributed by atoms with Gasteiger partial charge in [0.1, 0.15) is 11.5 Å². The zero-order chi connectivity index (χ0) is 27.0. The number of hydrogen-bond donors (Lipinski definition) is 5. The van der Waals surface area contributed by atoms with Gasteiger partial charge in [-0.2, -0.15) is 0 Å². The highest BCUT2D eigenvalue weighted by molar-refractivity contribution is 6.34. The summed E-state index contributed by atoms with van der Waals surface area (Å²) in [5.41, 5.74) is 1.04. The first-order valence-corrected chi connectivity index (χ1v) is 11.6. The topological polar surface area (TPSA) is 128 Å². The van der Waals surface area contributed by atoms with Crippen LogP contribution in [0.25, 0.3) is 0 Å². The van der Waals surface area contributed by atoms with Crippen LogP contribution in [-0.2, 0) is 0 Å². The first-order chi connectivity index (χ1) is 17.6. The maximum Gasteiger partial charge on any atom is 0.276 e. The van der Waals surface area contributed by atoms with Crippen molar-refractivity contribution in [2.24, 2.45) is 0 Å². The highest BCUT2D eigenvalue weighted by atomic mass is 35.5. The van der Waals surface area contributed by atoms with E-state index < -0.39 is 29.5 Å². The van der Waals surface area contributed by atoms with Crippen LogP contribution in [0.4, 0.5) is 24.5 Å². The van der Waals surface area contributed by atoms with Gasteiger partial charge in [-0.1, -0.05) is 11.6 Å². The third kappa shape index (κ3) is 7.79. The normalized spacial score (nSPS) is 13.8. The van der Waals surface area contributed by atoms with E-state index in [4.69, 9.17) is 11.6 Å². The minimum absolute atomic E-state index is 0.00157. The number of rotatable bonds is 6. The van der Waals surface area contributed by atoms with Crippen LogP contribution in [0, 0.1) is 5.82 Å². The van der Waals surface area contributed by atoms with Crippen molar-refractivity contribution in [3.63, 3.8) is 0 Å². The Morgan fingerprint density at radius 1 is 1.03 bits per heavy atom. The molecule has 0 aliphatic carbocycles. The Morgan fingerprint density at radius 3 is 2.19 bits per heavy atom. The molecule has 5 N–H and O–H groups in total. The minimum Gasteiger partial charge on any atom is -0.351 e. The summed E-state index contributed by atoms with van der Waals surface area (Å²) < 4.78 is 36.9. The van der Waals surface area contributed by atoms with E-state index in [1.54, 1.807) is 31.2 Å². The Labute approximate surface area is 215 Å². The van der Waals surface area contributed by atoms with Crippen molar-refractivity contribution in [3.05, 3.63) is 76.6 Å². The number of alkyl halides is 2. The summed E-state index contributed by atoms with van der Waals surface area (Å²) in [4.78, 5) is 43.2. The predicted molar refractivity (Wildman–Crippen MR) is 133 cm³/mol. The Bertz CT molecular complexity index is 1260. The Morgan fingerprint density at radius 2 is 1.68 bits per heavy atom. The molecule has 4 rings (SSSR count). The molecule has 3 amide bonds. The maximum absolute atomic E-state index is 13.1. The number of imidazole rings is 1. The zero-order valence-electron chi connectivity index (χ0n) is 19.6. The molecule has 0 unspecified atom stereocenters. The van der Waals surface area contributed by atoms with Crippen molar-refractivity contribution in [1.29, 1.82) is 0 Å². The van der Waals surface area contributed by atoms with E-state index in [1.165, 1.54) is 12.4 Å². The van der Waals surface area contributed by atoms with Gasteiger partial charge in [0, 0.05) is 30.9 Å². The van der Waals surface area contributed by atoms with E-state index in [2.05, 4.69) is 31.2 Å². The summed E-state index contributed by atoms with van der Waals surface area (Å²) in [6.45, 7) is 2.51. The van der Waals surface area contributed by atoms with Gasteiger partial charge in [0.15, 0.2) is 5.69 Å². The van der Waals surface area contributed by atoms with Gasteiger partial charge in [0.25, 0.3) is 23.6 Å². The molecule has 1 aliphatic rings. The zero-order valence-corrected chi connectivity index (χ0v) is 20.4. The lowest BCUT2D eigenvalue weighted by molar-refractivity contribution is 0.0237. The molecule has 3 aromatic rings. The van der Waals surface area contributed by atoms with Crippen molar-refractivity contribution in [2.45, 2.75) is 19.3 Å². The van der Waals surface area contributed by atoms with E-state index in [0.717, 1.165) is 12.1 Å². The number of anilines is 2. The summed E-state index contributed by atoms with van der Waals surface area (Å²) in [7, 11) is 0. The third-order valence-electron chi connectivity index (χ3n) is 5.05. The van der Waals surface area contributed by atoms with E-state index in [9.17, 15) is 27.6 Å². The summed E-state index contributed by atoms with van der Waals surface area (Å²) in [6, 6.07) is 9.76. The van der Waals surface area contributed by atoms with Gasteiger partial charge < -0.3 is 26.3 Å². The summed E-state index contributed by atoms with van der Waals surface area (Å²) in [6.07, 6.45) is 1.27. The number of aromatic nitrogens is 2. The third-order valence-corrected chi connectivity index (χ3v) is 5.36. The molecule has 0 saturated carbocycles. The van der Waals surface area contributed by atoms with Gasteiger partial charge in [-0.15, -0.1) is 0 Å². The molecule has 0 bridgehead atoms. The molecule has 0 atom stereocenters. The second-order valence-corrected chi connectivity index (χ2v) is 8.29. The van der Waals surface area contributed by atoms with Crippen molar-refractivity contribution < 1.29 is 27.6 Å². The Kier molecular flexibility index (Phi) is 9.25. The average Bonchev–Trinajstić information content (AvgIpc) is 3.49. The molecule has 196 valence electrons. The summed E-state index contributed by atoms with van der Waals surface area (Å²) in [5.74, 6) is -4.45. The number of benzene rings is 2. The van der Waals surface area contributed by atoms with Crippen LogP contribution in [-0.4, -0.2) is 53.2 Å². The number of halogens is 4. The van der Waals surface area contributed by atoms with Gasteiger partial charge in [-0.3, -0.25) is 14.4 Å². The highest BCUT2D eigenvalue weighted by Crippen LogP contribution is 2.21. The quantitative estimate of drug-likeness (QED) is 0.324. The largest absolute Gasteiger partial charge is 0.351 e. The van der Waals surface area contributed by atoms with E-state index in [-0.39, 0.29) is 34.9 Å². The predicted octanol–water partition coefficient (Wildman–Crippen LogP) is 4.07. The average molecular weight is 537 g/mol. The van der Waals surface area contributed by atoms with Gasteiger partial charge in [-0.05, 0) is 49.4 Å². The fourth-order valence-electron chi connectivity index (χ4n) is 3.22. The number of carbonyl (C=O) groups excluding carboxylic acids is 3. The van der Waals surface area contributed by atoms with Gasteiger partial charge in [0.05, 0.1) is 23.5 Å². The number of amides is 3. The molecular weight excluding hydrogens is 513 g/mol. The van der Waals surface area contributed by atoms with Gasteiger partial charge in [-0.25, -0.2) is 18.2 Å². The number of aromatic amines is 1. The monoisotopic (exact) mass is 536 g/mol. The summed E-state index contributed by atoms with van der Waals surface area (Å²) in [5, 5.41) is 10.4. The van der Waals surface area contributed by atoms with Crippen molar-refractivity contribution in [2.75, 3.05) is 30.3 Å². The van der Waals surface area contributed by atoms with Crippen molar-refractivity contribution in [1.82, 2.24) is 20.6 Å². The SMILES string of the molecule is CCNC(=O)c1[nH]cnc1C(=O)Nc1ccc(NC(=O)c2ccc(F)cc2Cl)cc1.FC1(F)CCNC1. The van der Waals surface area contributed by atoms with Crippen LogP contribution in [0.2, 0.25) is 5.02 Å². The fourth-order valence-corrected chi connectivity index (χ4v) is 3.47. The molecule has 1 saturated heterocycles. The smallest absolute Gasteiger partial charge is 0.276 e. The Hall–Kier alpha value is -3.90. The molecule has 37 heavy (non-hydrogen) atoms. The molecule has 1 aliphatic heterocycles. The van der Waals surface area contributed by atoms with Crippen LogP contribution in [0.1, 0.15) is 44.7 Å². The molecule has 2 aromatic carbocycles. The molecule has 2 heterocycles. The summed E-state index contributed by atoms with van der Waals surface area (Å²) >= 11 is 5.89.